The first kappa shape index (κ1) is 7.53. The van der Waals surface area contributed by atoms with Crippen molar-refractivity contribution in [3.05, 3.63) is 29.4 Å². The van der Waals surface area contributed by atoms with Crippen LogP contribution in [0.3, 0.4) is 0 Å². The van der Waals surface area contributed by atoms with E-state index in [1.807, 2.05) is 13.0 Å². The summed E-state index contributed by atoms with van der Waals surface area (Å²) in [6.45, 7) is 1.89. The lowest BCUT2D eigenvalue weighted by Gasteiger charge is -2.03. The van der Waals surface area contributed by atoms with Gasteiger partial charge >= 0.3 is 0 Å². The van der Waals surface area contributed by atoms with Crippen molar-refractivity contribution >= 4 is 5.96 Å². The van der Waals surface area contributed by atoms with E-state index < -0.39 is 0 Å². The highest BCUT2D eigenvalue weighted by molar-refractivity contribution is 5.76. The fourth-order valence-electron chi connectivity index (χ4n) is 0.806. The van der Waals surface area contributed by atoms with Gasteiger partial charge in [0.25, 0.3) is 0 Å². The minimum atomic E-state index is -0.126. The minimum absolute atomic E-state index is 0.126. The van der Waals surface area contributed by atoms with Crippen LogP contribution in [0.15, 0.2) is 18.3 Å². The van der Waals surface area contributed by atoms with E-state index in [4.69, 9.17) is 16.6 Å². The van der Waals surface area contributed by atoms with Gasteiger partial charge in [-0.1, -0.05) is 6.07 Å². The summed E-state index contributed by atoms with van der Waals surface area (Å²) in [5, 5.41) is 14.4. The second kappa shape index (κ2) is 2.57. The van der Waals surface area contributed by atoms with Gasteiger partial charge in [0.15, 0.2) is 5.96 Å². The van der Waals surface area contributed by atoms with Crippen LogP contribution in [0.5, 0.6) is 0 Å². The lowest BCUT2D eigenvalue weighted by molar-refractivity contribution is 0.941. The van der Waals surface area contributed by atoms with E-state index in [0.29, 0.717) is 0 Å². The molecule has 0 radical (unpaired) electrons. The SMILES string of the molecule is Cc1ccc(=N)n(C(=N)N)c1. The lowest BCUT2D eigenvalue weighted by Crippen LogP contribution is -2.31. The molecule has 4 heteroatoms. The summed E-state index contributed by atoms with van der Waals surface area (Å²) in [7, 11) is 0. The van der Waals surface area contributed by atoms with E-state index in [-0.39, 0.29) is 11.4 Å². The number of hydrogen-bond acceptors (Lipinski definition) is 2. The van der Waals surface area contributed by atoms with Crippen molar-refractivity contribution < 1.29 is 0 Å². The number of nitrogen functional groups attached to an aromatic ring is 1. The molecule has 0 aliphatic heterocycles. The van der Waals surface area contributed by atoms with Crippen LogP contribution in [-0.2, 0) is 0 Å². The molecule has 0 aliphatic carbocycles. The third-order valence-corrected chi connectivity index (χ3v) is 1.36. The van der Waals surface area contributed by atoms with Gasteiger partial charge in [0.1, 0.15) is 5.49 Å². The van der Waals surface area contributed by atoms with Gasteiger partial charge in [-0.2, -0.15) is 0 Å². The summed E-state index contributed by atoms with van der Waals surface area (Å²) in [4.78, 5) is 0. The molecule has 0 spiro atoms. The van der Waals surface area contributed by atoms with Crippen molar-refractivity contribution in [2.75, 3.05) is 0 Å². The molecule has 0 atom stereocenters. The summed E-state index contributed by atoms with van der Waals surface area (Å²) in [5.74, 6) is -0.126. The number of hydrogen-bond donors (Lipinski definition) is 3. The number of nitrogens with two attached hydrogens (primary N) is 1. The Morgan fingerprint density at radius 2 is 2.18 bits per heavy atom. The normalized spacial score (nSPS) is 9.55. The average Bonchev–Trinajstić information content (AvgIpc) is 1.94. The molecule has 1 aromatic heterocycles. The Balaban J connectivity index is 3.35. The van der Waals surface area contributed by atoms with Crippen LogP contribution in [0.1, 0.15) is 5.56 Å². The molecular weight excluding hydrogens is 140 g/mol. The van der Waals surface area contributed by atoms with Gasteiger partial charge in [-0.3, -0.25) is 15.4 Å². The quantitative estimate of drug-likeness (QED) is 0.353. The first-order valence-corrected chi connectivity index (χ1v) is 3.19. The van der Waals surface area contributed by atoms with Crippen molar-refractivity contribution in [2.45, 2.75) is 6.92 Å². The summed E-state index contributed by atoms with van der Waals surface area (Å²) in [6, 6.07) is 3.42. The van der Waals surface area contributed by atoms with E-state index in [1.165, 1.54) is 4.57 Å². The molecule has 0 aromatic carbocycles. The largest absolute Gasteiger partial charge is 0.369 e. The minimum Gasteiger partial charge on any atom is -0.369 e. The standard InChI is InChI=1S/C7H10N4/c1-5-2-3-6(8)11(4-5)7(9)10/h2-4,8H,1H3,(H3,9,10). The molecule has 1 heterocycles. The third kappa shape index (κ3) is 1.46. The van der Waals surface area contributed by atoms with Crippen molar-refractivity contribution in [3.8, 4) is 0 Å². The van der Waals surface area contributed by atoms with E-state index in [0.717, 1.165) is 5.56 Å². The topological polar surface area (TPSA) is 78.7 Å². The zero-order valence-corrected chi connectivity index (χ0v) is 6.26. The van der Waals surface area contributed by atoms with Crippen LogP contribution in [0.25, 0.3) is 0 Å². The Morgan fingerprint density at radius 3 is 2.64 bits per heavy atom. The summed E-state index contributed by atoms with van der Waals surface area (Å²) >= 11 is 0. The zero-order valence-electron chi connectivity index (χ0n) is 6.26. The third-order valence-electron chi connectivity index (χ3n) is 1.36. The van der Waals surface area contributed by atoms with Gasteiger partial charge in [-0.25, -0.2) is 0 Å². The summed E-state index contributed by atoms with van der Waals surface area (Å²) < 4.78 is 1.31. The second-order valence-corrected chi connectivity index (χ2v) is 2.35. The average molecular weight is 150 g/mol. The van der Waals surface area contributed by atoms with Crippen LogP contribution in [0, 0.1) is 17.7 Å². The van der Waals surface area contributed by atoms with Crippen molar-refractivity contribution in [3.63, 3.8) is 0 Å². The second-order valence-electron chi connectivity index (χ2n) is 2.35. The Kier molecular flexibility index (Phi) is 1.76. The molecule has 1 aromatic rings. The number of pyridine rings is 1. The molecule has 4 N–H and O–H groups in total. The Labute approximate surface area is 64.3 Å². The molecule has 0 bridgehead atoms. The molecular formula is C7H10N4. The smallest absolute Gasteiger partial charge is 0.198 e. The van der Waals surface area contributed by atoms with Crippen LogP contribution < -0.4 is 11.2 Å². The molecule has 0 saturated heterocycles. The Bertz CT molecular complexity index is 337. The Morgan fingerprint density at radius 1 is 1.55 bits per heavy atom. The Hall–Kier alpha value is -1.58. The van der Waals surface area contributed by atoms with Gasteiger partial charge in [-0.15, -0.1) is 0 Å². The number of nitrogens with zero attached hydrogens (tertiary/aromatic N) is 1. The van der Waals surface area contributed by atoms with Crippen molar-refractivity contribution in [1.29, 1.82) is 10.8 Å². The summed E-state index contributed by atoms with van der Waals surface area (Å²) in [5.41, 5.74) is 6.42. The zero-order chi connectivity index (χ0) is 8.43. The maximum absolute atomic E-state index is 7.34. The molecule has 0 unspecified atom stereocenters. The van der Waals surface area contributed by atoms with Gasteiger partial charge in [0.05, 0.1) is 0 Å². The number of aryl methyl sites for hydroxylation is 1. The predicted octanol–water partition coefficient (Wildman–Crippen LogP) is 0.0176. The highest BCUT2D eigenvalue weighted by Gasteiger charge is 1.93. The molecule has 4 nitrogen and oxygen atoms in total. The van der Waals surface area contributed by atoms with E-state index >= 15 is 0 Å². The number of rotatable bonds is 0. The molecule has 1 rings (SSSR count). The fourth-order valence-corrected chi connectivity index (χ4v) is 0.806. The van der Waals surface area contributed by atoms with Crippen molar-refractivity contribution in [1.82, 2.24) is 4.57 Å². The van der Waals surface area contributed by atoms with E-state index in [1.54, 1.807) is 12.3 Å². The highest BCUT2D eigenvalue weighted by Crippen LogP contribution is 1.89. The van der Waals surface area contributed by atoms with Gasteiger partial charge in [-0.05, 0) is 18.6 Å². The molecule has 0 fully saturated rings. The van der Waals surface area contributed by atoms with Crippen LogP contribution in [0.4, 0.5) is 0 Å². The molecule has 11 heavy (non-hydrogen) atoms. The van der Waals surface area contributed by atoms with Crippen molar-refractivity contribution in [2.24, 2.45) is 5.73 Å². The maximum Gasteiger partial charge on any atom is 0.198 e. The first-order valence-electron chi connectivity index (χ1n) is 3.19. The van der Waals surface area contributed by atoms with Gasteiger partial charge in [0, 0.05) is 6.20 Å². The first-order chi connectivity index (χ1) is 5.11. The molecule has 0 amide bonds. The highest BCUT2D eigenvalue weighted by atomic mass is 15.1. The number of nitrogens with one attached hydrogen (secondary N) is 2. The van der Waals surface area contributed by atoms with E-state index in [9.17, 15) is 0 Å². The summed E-state index contributed by atoms with van der Waals surface area (Å²) in [6.07, 6.45) is 1.66. The van der Waals surface area contributed by atoms with Crippen LogP contribution in [-0.4, -0.2) is 10.5 Å². The fraction of sp³-hybridized carbons (Fsp3) is 0.143. The maximum atomic E-state index is 7.34. The number of aromatic nitrogens is 1. The molecule has 58 valence electrons. The predicted molar refractivity (Wildman–Crippen MR) is 42.3 cm³/mol. The van der Waals surface area contributed by atoms with Gasteiger partial charge < -0.3 is 5.73 Å². The molecule has 0 saturated carbocycles. The molecule has 0 aliphatic rings. The van der Waals surface area contributed by atoms with Crippen LogP contribution in [0.2, 0.25) is 0 Å². The van der Waals surface area contributed by atoms with E-state index in [2.05, 4.69) is 0 Å². The van der Waals surface area contributed by atoms with Gasteiger partial charge in [0.2, 0.25) is 0 Å². The lowest BCUT2D eigenvalue weighted by atomic mass is 10.3. The monoisotopic (exact) mass is 150 g/mol. The van der Waals surface area contributed by atoms with Crippen LogP contribution >= 0.6 is 0 Å².